The lowest BCUT2D eigenvalue weighted by molar-refractivity contribution is -0.205. The predicted molar refractivity (Wildman–Crippen MR) is 171 cm³/mol. The minimum Gasteiger partial charge on any atom is -0.507 e. The van der Waals surface area contributed by atoms with Crippen LogP contribution in [0.3, 0.4) is 0 Å². The fourth-order valence-electron chi connectivity index (χ4n) is 9.10. The van der Waals surface area contributed by atoms with E-state index in [2.05, 4.69) is 6.92 Å². The SMILES string of the molecule is CCCCCC(=O)Cc1ccc(-c2ccc(O)c3c2C[C@]2(C)C[C@]4(C)C(C(C)C)C(=O)C(C(C)=O)C(=O)[C@]4(O)C(=O)C2C3=O)cc1. The fraction of sp³-hybridized carbons (Fsp3) is 0.526. The summed E-state index contributed by atoms with van der Waals surface area (Å²) < 4.78 is 0. The lowest BCUT2D eigenvalue weighted by atomic mass is 9.40. The molecule has 8 heteroatoms. The smallest absolute Gasteiger partial charge is 0.190 e. The Morgan fingerprint density at radius 3 is 2.20 bits per heavy atom. The molecule has 0 aromatic heterocycles. The molecule has 0 heterocycles. The molecule has 0 spiro atoms. The van der Waals surface area contributed by atoms with Crippen LogP contribution in [0.2, 0.25) is 0 Å². The largest absolute Gasteiger partial charge is 0.507 e. The van der Waals surface area contributed by atoms with Crippen LogP contribution in [0.4, 0.5) is 0 Å². The summed E-state index contributed by atoms with van der Waals surface area (Å²) in [5.74, 6) is -8.95. The quantitative estimate of drug-likeness (QED) is 0.276. The first kappa shape index (κ1) is 33.6. The highest BCUT2D eigenvalue weighted by molar-refractivity contribution is 6.32. The molecule has 2 saturated carbocycles. The molecule has 0 saturated heterocycles. The van der Waals surface area contributed by atoms with E-state index in [-0.39, 0.29) is 29.9 Å². The van der Waals surface area contributed by atoms with Crippen LogP contribution in [0.1, 0.15) is 95.1 Å². The van der Waals surface area contributed by atoms with Gasteiger partial charge in [-0.25, -0.2) is 0 Å². The van der Waals surface area contributed by atoms with E-state index < -0.39 is 69.0 Å². The van der Waals surface area contributed by atoms with Crippen LogP contribution in [-0.4, -0.2) is 50.5 Å². The molecule has 0 bridgehead atoms. The van der Waals surface area contributed by atoms with E-state index in [0.29, 0.717) is 24.0 Å². The zero-order valence-corrected chi connectivity index (χ0v) is 27.6. The predicted octanol–water partition coefficient (Wildman–Crippen LogP) is 5.45. The van der Waals surface area contributed by atoms with Gasteiger partial charge in [-0.3, -0.25) is 28.8 Å². The standard InChI is InChI=1S/C38H44O8/c1-7-8-9-10-24(40)17-22-11-13-23(14-12-22)25-15-16-27(41)29-26(25)18-36(5)19-37(6)30(20(2)3)32(42)28(21(4)39)34(44)38(37,46)35(45)31(36)33(29)43/h11-16,20,28,30-31,41,46H,7-10,17-19H2,1-6H3/t28?,30?,31?,36-,37-,38+/m1/s1. The highest BCUT2D eigenvalue weighted by Gasteiger charge is 2.76. The average molecular weight is 629 g/mol. The summed E-state index contributed by atoms with van der Waals surface area (Å²) in [6, 6.07) is 10.6. The van der Waals surface area contributed by atoms with Crippen molar-refractivity contribution in [2.75, 3.05) is 0 Å². The third kappa shape index (κ3) is 4.91. The third-order valence-corrected chi connectivity index (χ3v) is 11.0. The molecule has 5 rings (SSSR count). The molecule has 2 N–H and O–H groups in total. The van der Waals surface area contributed by atoms with Crippen molar-refractivity contribution in [2.24, 2.45) is 34.5 Å². The number of unbranched alkanes of at least 4 members (excludes halogenated alkanes) is 2. The van der Waals surface area contributed by atoms with E-state index in [4.69, 9.17) is 0 Å². The van der Waals surface area contributed by atoms with Crippen molar-refractivity contribution < 1.29 is 39.0 Å². The molecule has 3 aliphatic rings. The van der Waals surface area contributed by atoms with Gasteiger partial charge in [-0.1, -0.05) is 77.8 Å². The molecule has 8 nitrogen and oxygen atoms in total. The second-order valence-electron chi connectivity index (χ2n) is 14.7. The summed E-state index contributed by atoms with van der Waals surface area (Å²) in [5.41, 5.74) is -2.54. The molecule has 3 aliphatic carbocycles. The van der Waals surface area contributed by atoms with E-state index in [1.54, 1.807) is 33.8 Å². The normalized spacial score (nSPS) is 30.6. The third-order valence-electron chi connectivity index (χ3n) is 11.0. The molecule has 2 aromatic carbocycles. The number of carbonyl (C=O) groups is 6. The molecular weight excluding hydrogens is 584 g/mol. The first-order valence-corrected chi connectivity index (χ1v) is 16.4. The van der Waals surface area contributed by atoms with Gasteiger partial charge in [0.15, 0.2) is 28.7 Å². The average Bonchev–Trinajstić information content (AvgIpc) is 2.95. The lowest BCUT2D eigenvalue weighted by Gasteiger charge is -2.61. The fourth-order valence-corrected chi connectivity index (χ4v) is 9.10. The van der Waals surface area contributed by atoms with Gasteiger partial charge in [0.25, 0.3) is 0 Å². The van der Waals surface area contributed by atoms with Gasteiger partial charge in [0.1, 0.15) is 23.2 Å². The van der Waals surface area contributed by atoms with Crippen molar-refractivity contribution in [1.82, 2.24) is 0 Å². The van der Waals surface area contributed by atoms with Gasteiger partial charge in [-0.15, -0.1) is 0 Å². The highest BCUT2D eigenvalue weighted by Crippen LogP contribution is 2.64. The second-order valence-corrected chi connectivity index (χ2v) is 14.7. The number of aliphatic hydroxyl groups is 1. The maximum absolute atomic E-state index is 14.5. The number of rotatable bonds is 9. The van der Waals surface area contributed by atoms with Crippen LogP contribution in [0, 0.1) is 34.5 Å². The van der Waals surface area contributed by atoms with Crippen molar-refractivity contribution in [2.45, 2.75) is 92.1 Å². The van der Waals surface area contributed by atoms with Crippen molar-refractivity contribution in [1.29, 1.82) is 0 Å². The van der Waals surface area contributed by atoms with Crippen LogP contribution in [0.15, 0.2) is 36.4 Å². The van der Waals surface area contributed by atoms with Gasteiger partial charge in [-0.2, -0.15) is 0 Å². The number of hydrogen-bond donors (Lipinski definition) is 2. The topological polar surface area (TPSA) is 143 Å². The molecule has 0 radical (unpaired) electrons. The van der Waals surface area contributed by atoms with Gasteiger partial charge in [0, 0.05) is 24.2 Å². The van der Waals surface area contributed by atoms with Crippen molar-refractivity contribution in [3.05, 3.63) is 53.1 Å². The van der Waals surface area contributed by atoms with E-state index >= 15 is 0 Å². The van der Waals surface area contributed by atoms with E-state index in [1.165, 1.54) is 6.07 Å². The number of phenols is 1. The Labute approximate surface area is 270 Å². The molecule has 3 unspecified atom stereocenters. The number of hydrogen-bond acceptors (Lipinski definition) is 8. The van der Waals surface area contributed by atoms with Crippen LogP contribution >= 0.6 is 0 Å². The Bertz CT molecular complexity index is 1650. The number of carbonyl (C=O) groups excluding carboxylic acids is 6. The number of fused-ring (bicyclic) bond motifs is 3. The number of benzene rings is 2. The van der Waals surface area contributed by atoms with Crippen molar-refractivity contribution in [3.8, 4) is 16.9 Å². The molecule has 244 valence electrons. The summed E-state index contributed by atoms with van der Waals surface area (Å²) in [4.78, 5) is 81.3. The van der Waals surface area contributed by atoms with Gasteiger partial charge in [-0.05, 0) is 65.8 Å². The Kier molecular flexibility index (Phi) is 8.60. The first-order valence-electron chi connectivity index (χ1n) is 16.4. The van der Waals surface area contributed by atoms with Crippen LogP contribution < -0.4 is 0 Å². The Hall–Kier alpha value is -3.78. The van der Waals surface area contributed by atoms with Crippen LogP contribution in [0.25, 0.3) is 11.1 Å². The Morgan fingerprint density at radius 1 is 0.957 bits per heavy atom. The van der Waals surface area contributed by atoms with Gasteiger partial charge >= 0.3 is 0 Å². The molecule has 0 amide bonds. The zero-order valence-electron chi connectivity index (χ0n) is 27.6. The summed E-state index contributed by atoms with van der Waals surface area (Å²) in [7, 11) is 0. The van der Waals surface area contributed by atoms with E-state index in [1.807, 2.05) is 24.3 Å². The molecule has 2 aromatic rings. The molecule has 2 fully saturated rings. The monoisotopic (exact) mass is 628 g/mol. The second kappa shape index (κ2) is 11.8. The van der Waals surface area contributed by atoms with Gasteiger partial charge in [0.2, 0.25) is 0 Å². The van der Waals surface area contributed by atoms with E-state index in [9.17, 15) is 39.0 Å². The zero-order chi connectivity index (χ0) is 33.9. The summed E-state index contributed by atoms with van der Waals surface area (Å²) in [6.07, 6.45) is 3.97. The summed E-state index contributed by atoms with van der Waals surface area (Å²) >= 11 is 0. The Balaban J connectivity index is 1.58. The minimum absolute atomic E-state index is 0.00276. The molecule has 6 atom stereocenters. The summed E-state index contributed by atoms with van der Waals surface area (Å²) in [6.45, 7) is 10.1. The van der Waals surface area contributed by atoms with E-state index in [0.717, 1.165) is 37.3 Å². The van der Waals surface area contributed by atoms with Gasteiger partial charge < -0.3 is 10.2 Å². The van der Waals surface area contributed by atoms with Crippen molar-refractivity contribution in [3.63, 3.8) is 0 Å². The Morgan fingerprint density at radius 2 is 1.61 bits per heavy atom. The minimum atomic E-state index is -2.72. The molecular formula is C38H44O8. The molecule has 46 heavy (non-hydrogen) atoms. The van der Waals surface area contributed by atoms with Crippen LogP contribution in [-0.2, 0) is 36.8 Å². The lowest BCUT2D eigenvalue weighted by Crippen LogP contribution is -2.76. The number of Topliss-reactive ketones (excluding diaryl/α,β-unsaturated/α-hetero) is 6. The highest BCUT2D eigenvalue weighted by atomic mass is 16.3. The van der Waals surface area contributed by atoms with Crippen LogP contribution in [0.5, 0.6) is 5.75 Å². The molecule has 0 aliphatic heterocycles. The summed E-state index contributed by atoms with van der Waals surface area (Å²) in [5, 5.41) is 23.1. The number of ketones is 6. The maximum atomic E-state index is 14.5. The first-order chi connectivity index (χ1) is 21.5. The van der Waals surface area contributed by atoms with Gasteiger partial charge in [0.05, 0.1) is 11.5 Å². The van der Waals surface area contributed by atoms with Crippen molar-refractivity contribution >= 4 is 34.7 Å². The number of aromatic hydroxyl groups is 1. The number of phenolic OH excluding ortho intramolecular Hbond substituents is 1. The maximum Gasteiger partial charge on any atom is 0.190 e.